The van der Waals surface area contributed by atoms with Crippen LogP contribution in [-0.4, -0.2) is 62.5 Å². The lowest BCUT2D eigenvalue weighted by Gasteiger charge is -2.48. The largest absolute Gasteiger partial charge is 0.493 e. The molecule has 2 heterocycles. The van der Waals surface area contributed by atoms with Crippen LogP contribution in [0.1, 0.15) is 67.0 Å². The smallest absolute Gasteiger partial charge is 0.407 e. The molecular weight excluding hydrogens is 484 g/mol. The summed E-state index contributed by atoms with van der Waals surface area (Å²) in [6.07, 6.45) is 1.19. The number of carbonyl (C=O) groups excluding carboxylic acids is 2. The van der Waals surface area contributed by atoms with Crippen molar-refractivity contribution in [3.63, 3.8) is 0 Å². The summed E-state index contributed by atoms with van der Waals surface area (Å²) in [5.74, 6) is 0.780. The maximum atomic E-state index is 12.9. The Morgan fingerprint density at radius 2 is 1.82 bits per heavy atom. The quantitative estimate of drug-likeness (QED) is 0.541. The van der Waals surface area contributed by atoms with Gasteiger partial charge in [0.15, 0.2) is 18.1 Å². The van der Waals surface area contributed by atoms with E-state index in [1.807, 2.05) is 32.9 Å². The Morgan fingerprint density at radius 1 is 1.05 bits per heavy atom. The molecule has 0 radical (unpaired) electrons. The highest BCUT2D eigenvalue weighted by Crippen LogP contribution is 2.45. The van der Waals surface area contributed by atoms with Crippen molar-refractivity contribution in [2.45, 2.75) is 71.1 Å². The summed E-state index contributed by atoms with van der Waals surface area (Å²) in [5, 5.41) is 3.22. The van der Waals surface area contributed by atoms with Gasteiger partial charge < -0.3 is 24.3 Å². The van der Waals surface area contributed by atoms with E-state index < -0.39 is 17.7 Å². The highest BCUT2D eigenvalue weighted by atomic mass is 16.6. The lowest BCUT2D eigenvalue weighted by Crippen LogP contribution is -2.53. The minimum Gasteiger partial charge on any atom is -0.493 e. The zero-order valence-corrected chi connectivity index (χ0v) is 23.6. The van der Waals surface area contributed by atoms with E-state index in [1.165, 1.54) is 23.8 Å². The number of fused-ring (bicyclic) bond motifs is 3. The third-order valence-electron chi connectivity index (χ3n) is 7.40. The first-order valence-corrected chi connectivity index (χ1v) is 13.2. The van der Waals surface area contributed by atoms with E-state index in [4.69, 9.17) is 18.9 Å². The fourth-order valence-corrected chi connectivity index (χ4v) is 5.60. The zero-order chi connectivity index (χ0) is 27.6. The highest BCUT2D eigenvalue weighted by molar-refractivity contribution is 5.71. The summed E-state index contributed by atoms with van der Waals surface area (Å²) in [6, 6.07) is 10.5. The van der Waals surface area contributed by atoms with Crippen molar-refractivity contribution in [2.75, 3.05) is 33.9 Å². The van der Waals surface area contributed by atoms with Gasteiger partial charge in [-0.2, -0.15) is 0 Å². The Labute approximate surface area is 225 Å². The van der Waals surface area contributed by atoms with Crippen LogP contribution in [0, 0.1) is 13.8 Å². The van der Waals surface area contributed by atoms with Crippen molar-refractivity contribution in [1.82, 2.24) is 10.2 Å². The lowest BCUT2D eigenvalue weighted by molar-refractivity contribution is -0.142. The van der Waals surface area contributed by atoms with E-state index in [2.05, 4.69) is 42.3 Å². The van der Waals surface area contributed by atoms with Crippen molar-refractivity contribution in [1.29, 1.82) is 0 Å². The maximum absolute atomic E-state index is 12.9. The zero-order valence-electron chi connectivity index (χ0n) is 23.6. The molecule has 2 aromatic carbocycles. The summed E-state index contributed by atoms with van der Waals surface area (Å²) in [6.45, 7) is 11.4. The first-order chi connectivity index (χ1) is 18.0. The second kappa shape index (κ2) is 11.2. The maximum Gasteiger partial charge on any atom is 0.407 e. The van der Waals surface area contributed by atoms with Crippen molar-refractivity contribution < 1.29 is 28.5 Å². The number of nitrogens with one attached hydrogen (secondary N) is 1. The van der Waals surface area contributed by atoms with Crippen LogP contribution >= 0.6 is 0 Å². The molecule has 0 aromatic heterocycles. The first kappa shape index (κ1) is 27.8. The molecule has 8 nitrogen and oxygen atoms in total. The van der Waals surface area contributed by atoms with E-state index in [-0.39, 0.29) is 24.6 Å². The van der Waals surface area contributed by atoms with Gasteiger partial charge in [-0.15, -0.1) is 0 Å². The molecule has 0 aliphatic carbocycles. The molecule has 3 unspecified atom stereocenters. The number of amides is 1. The third-order valence-corrected chi connectivity index (χ3v) is 7.40. The van der Waals surface area contributed by atoms with Crippen LogP contribution in [0.4, 0.5) is 4.79 Å². The number of rotatable bonds is 6. The van der Waals surface area contributed by atoms with Crippen LogP contribution in [0.3, 0.4) is 0 Å². The number of carbonyl (C=O) groups is 2. The molecule has 0 bridgehead atoms. The topological polar surface area (TPSA) is 86.3 Å². The summed E-state index contributed by atoms with van der Waals surface area (Å²) in [4.78, 5) is 27.1. The summed E-state index contributed by atoms with van der Waals surface area (Å²) >= 11 is 0. The van der Waals surface area contributed by atoms with Crippen molar-refractivity contribution >= 4 is 12.1 Å². The molecule has 0 spiro atoms. The van der Waals surface area contributed by atoms with Crippen LogP contribution in [0.15, 0.2) is 30.3 Å². The van der Waals surface area contributed by atoms with Crippen LogP contribution in [-0.2, 0) is 20.7 Å². The molecular formula is C30H40N2O6. The van der Waals surface area contributed by atoms with Gasteiger partial charge in [0.25, 0.3) is 0 Å². The number of hydrogen-bond acceptors (Lipinski definition) is 7. The number of esters is 1. The second-order valence-electron chi connectivity index (χ2n) is 11.3. The summed E-state index contributed by atoms with van der Waals surface area (Å²) < 4.78 is 21.7. The average Bonchev–Trinajstić information content (AvgIpc) is 2.86. The van der Waals surface area contributed by atoms with Crippen molar-refractivity contribution in [3.05, 3.63) is 58.1 Å². The van der Waals surface area contributed by atoms with Gasteiger partial charge >= 0.3 is 12.1 Å². The summed E-state index contributed by atoms with van der Waals surface area (Å²) in [5.41, 5.74) is 5.44. The standard InChI is InChI=1S/C30H40N2O6/c1-18-8-9-19(2)21(12-18)23-16-32-11-10-20-13-27(37-17-28(33)36-7)26(35-6)14-22(20)25(32)15-24(23)31-29(34)38-30(3,4)5/h8-9,12-14,23-25H,10-11,15-17H2,1-7H3,(H,31,34). The molecule has 8 heteroatoms. The normalized spacial score (nSPS) is 21.1. The molecule has 206 valence electrons. The Morgan fingerprint density at radius 3 is 2.50 bits per heavy atom. The van der Waals surface area contributed by atoms with E-state index in [1.54, 1.807) is 7.11 Å². The first-order valence-electron chi connectivity index (χ1n) is 13.2. The molecule has 3 atom stereocenters. The molecule has 2 aromatic rings. The number of piperidine rings is 1. The summed E-state index contributed by atoms with van der Waals surface area (Å²) in [7, 11) is 2.93. The highest BCUT2D eigenvalue weighted by Gasteiger charge is 2.41. The van der Waals surface area contributed by atoms with E-state index in [0.29, 0.717) is 11.5 Å². The van der Waals surface area contributed by atoms with Gasteiger partial charge in [0.05, 0.1) is 14.2 Å². The van der Waals surface area contributed by atoms with Crippen LogP contribution in [0.2, 0.25) is 0 Å². The van der Waals surface area contributed by atoms with Gasteiger partial charge in [-0.05, 0) is 81.8 Å². The molecule has 2 aliphatic rings. The number of hydrogen-bond donors (Lipinski definition) is 1. The van der Waals surface area contributed by atoms with Crippen LogP contribution in [0.5, 0.6) is 11.5 Å². The predicted molar refractivity (Wildman–Crippen MR) is 145 cm³/mol. The SMILES string of the molecule is COC(=O)COc1cc2c(cc1OC)C1CC(NC(=O)OC(C)(C)C)C(c3cc(C)ccc3C)CN1CC2. The number of methoxy groups -OCH3 is 2. The molecule has 2 aliphatic heterocycles. The Bertz CT molecular complexity index is 1190. The molecule has 0 saturated carbocycles. The molecule has 1 saturated heterocycles. The fraction of sp³-hybridized carbons (Fsp3) is 0.533. The van der Waals surface area contributed by atoms with Gasteiger partial charge in [0.1, 0.15) is 5.60 Å². The molecule has 1 fully saturated rings. The van der Waals surface area contributed by atoms with Gasteiger partial charge in [-0.3, -0.25) is 4.90 Å². The van der Waals surface area contributed by atoms with Gasteiger partial charge in [-0.25, -0.2) is 9.59 Å². The Kier molecular flexibility index (Phi) is 8.21. The number of aryl methyl sites for hydroxylation is 2. The third kappa shape index (κ3) is 6.23. The lowest BCUT2D eigenvalue weighted by atomic mass is 9.76. The number of benzene rings is 2. The molecule has 4 rings (SSSR count). The number of nitrogens with zero attached hydrogens (tertiary/aromatic N) is 1. The van der Waals surface area contributed by atoms with Crippen molar-refractivity contribution in [2.24, 2.45) is 0 Å². The Hall–Kier alpha value is -3.26. The molecule has 1 amide bonds. The van der Waals surface area contributed by atoms with Gasteiger partial charge in [-0.1, -0.05) is 23.8 Å². The fourth-order valence-electron chi connectivity index (χ4n) is 5.60. The molecule has 1 N–H and O–H groups in total. The van der Waals surface area contributed by atoms with E-state index in [9.17, 15) is 9.59 Å². The predicted octanol–water partition coefficient (Wildman–Crippen LogP) is 4.84. The average molecular weight is 525 g/mol. The Balaban J connectivity index is 1.66. The molecule has 38 heavy (non-hydrogen) atoms. The minimum absolute atomic E-state index is 0.101. The van der Waals surface area contributed by atoms with Crippen LogP contribution in [0.25, 0.3) is 0 Å². The van der Waals surface area contributed by atoms with Crippen LogP contribution < -0.4 is 14.8 Å². The number of alkyl carbamates (subject to hydrolysis) is 1. The number of ether oxygens (including phenoxy) is 4. The van der Waals surface area contributed by atoms with E-state index >= 15 is 0 Å². The monoisotopic (exact) mass is 524 g/mol. The van der Waals surface area contributed by atoms with Crippen molar-refractivity contribution in [3.8, 4) is 11.5 Å². The van der Waals surface area contributed by atoms with E-state index in [0.717, 1.165) is 37.1 Å². The minimum atomic E-state index is -0.578. The van der Waals surface area contributed by atoms with Gasteiger partial charge in [0, 0.05) is 31.1 Å². The second-order valence-corrected chi connectivity index (χ2v) is 11.3. The van der Waals surface area contributed by atoms with Gasteiger partial charge in [0.2, 0.25) is 0 Å².